The van der Waals surface area contributed by atoms with Crippen LogP contribution in [0.5, 0.6) is 0 Å². The number of rotatable bonds is 6. The molecule has 1 fully saturated rings. The van der Waals surface area contributed by atoms with E-state index in [9.17, 15) is 9.59 Å². The van der Waals surface area contributed by atoms with Crippen LogP contribution in [-0.2, 0) is 0 Å². The Labute approximate surface area is 168 Å². The fraction of sp³-hybridized carbons (Fsp3) is 0.217. The third kappa shape index (κ3) is 4.18. The molecular formula is C23H20ClNO3. The third-order valence-electron chi connectivity index (χ3n) is 4.94. The zero-order valence-corrected chi connectivity index (χ0v) is 16.3. The highest BCUT2D eigenvalue weighted by Gasteiger charge is 2.25. The number of amides is 1. The minimum absolute atomic E-state index is 0.126. The van der Waals surface area contributed by atoms with Gasteiger partial charge in [-0.25, -0.2) is 0 Å². The van der Waals surface area contributed by atoms with Crippen LogP contribution in [0.2, 0.25) is 5.02 Å². The Morgan fingerprint density at radius 3 is 2.54 bits per heavy atom. The quantitative estimate of drug-likeness (QED) is 0.511. The fourth-order valence-corrected chi connectivity index (χ4v) is 3.17. The van der Waals surface area contributed by atoms with Crippen LogP contribution < -0.4 is 5.32 Å². The number of ketones is 1. The Morgan fingerprint density at radius 1 is 1.07 bits per heavy atom. The zero-order chi connectivity index (χ0) is 19.7. The highest BCUT2D eigenvalue weighted by molar-refractivity contribution is 6.30. The Morgan fingerprint density at radius 2 is 1.82 bits per heavy atom. The molecule has 1 saturated carbocycles. The van der Waals surface area contributed by atoms with Crippen molar-refractivity contribution in [3.63, 3.8) is 0 Å². The number of benzene rings is 2. The summed E-state index contributed by atoms with van der Waals surface area (Å²) in [6.07, 6.45) is 2.85. The SMILES string of the molecule is Cc1ccc(C(=O)CC2CC2)cc1NC(=O)c1ccc(-c2ccc(Cl)cc2)o1. The minimum Gasteiger partial charge on any atom is -0.451 e. The second-order valence-corrected chi connectivity index (χ2v) is 7.66. The van der Waals surface area contributed by atoms with Crippen molar-refractivity contribution in [1.29, 1.82) is 0 Å². The first-order valence-electron chi connectivity index (χ1n) is 9.30. The number of aryl methyl sites for hydroxylation is 1. The molecule has 4 nitrogen and oxygen atoms in total. The summed E-state index contributed by atoms with van der Waals surface area (Å²) in [6, 6.07) is 16.0. The van der Waals surface area contributed by atoms with E-state index in [1.54, 1.807) is 30.3 Å². The van der Waals surface area contributed by atoms with Crippen LogP contribution in [0.25, 0.3) is 11.3 Å². The lowest BCUT2D eigenvalue weighted by Crippen LogP contribution is -2.12. The maximum Gasteiger partial charge on any atom is 0.291 e. The summed E-state index contributed by atoms with van der Waals surface area (Å²) < 4.78 is 5.70. The summed E-state index contributed by atoms with van der Waals surface area (Å²) in [5.41, 5.74) is 2.98. The van der Waals surface area contributed by atoms with Gasteiger partial charge in [0.25, 0.3) is 5.91 Å². The summed E-state index contributed by atoms with van der Waals surface area (Å²) in [5, 5.41) is 3.50. The summed E-state index contributed by atoms with van der Waals surface area (Å²) in [4.78, 5) is 25.0. The van der Waals surface area contributed by atoms with Gasteiger partial charge < -0.3 is 9.73 Å². The van der Waals surface area contributed by atoms with Gasteiger partial charge in [0.05, 0.1) is 0 Å². The first kappa shape index (κ1) is 18.5. The molecule has 3 aromatic rings. The summed E-state index contributed by atoms with van der Waals surface area (Å²) in [5.74, 6) is 1.10. The van der Waals surface area contributed by atoms with Gasteiger partial charge in [-0.15, -0.1) is 0 Å². The summed E-state index contributed by atoms with van der Waals surface area (Å²) >= 11 is 5.91. The molecule has 0 atom stereocenters. The van der Waals surface area contributed by atoms with Gasteiger partial charge in [-0.3, -0.25) is 9.59 Å². The topological polar surface area (TPSA) is 59.3 Å². The lowest BCUT2D eigenvalue weighted by Gasteiger charge is -2.09. The van der Waals surface area contributed by atoms with Gasteiger partial charge in [-0.1, -0.05) is 23.7 Å². The minimum atomic E-state index is -0.352. The number of Topliss-reactive ketones (excluding diaryl/α,β-unsaturated/α-hetero) is 1. The van der Waals surface area contributed by atoms with Crippen molar-refractivity contribution in [3.8, 4) is 11.3 Å². The van der Waals surface area contributed by atoms with Crippen LogP contribution in [0.3, 0.4) is 0 Å². The van der Waals surface area contributed by atoms with Gasteiger partial charge in [0.15, 0.2) is 11.5 Å². The molecule has 0 unspecified atom stereocenters. The maximum atomic E-state index is 12.6. The fourth-order valence-electron chi connectivity index (χ4n) is 3.05. The van der Waals surface area contributed by atoms with Crippen molar-refractivity contribution in [2.75, 3.05) is 5.32 Å². The molecule has 5 heteroatoms. The molecule has 0 saturated heterocycles. The van der Waals surface area contributed by atoms with E-state index in [4.69, 9.17) is 16.0 Å². The number of hydrogen-bond donors (Lipinski definition) is 1. The normalized spacial score (nSPS) is 13.4. The van der Waals surface area contributed by atoms with E-state index in [1.807, 2.05) is 31.2 Å². The molecule has 1 heterocycles. The molecular weight excluding hydrogens is 374 g/mol. The largest absolute Gasteiger partial charge is 0.451 e. The zero-order valence-electron chi connectivity index (χ0n) is 15.5. The lowest BCUT2D eigenvalue weighted by atomic mass is 10.0. The summed E-state index contributed by atoms with van der Waals surface area (Å²) in [7, 11) is 0. The molecule has 1 aliphatic carbocycles. The Kier molecular flexibility index (Phi) is 5.05. The number of anilines is 1. The second kappa shape index (κ2) is 7.64. The standard InChI is InChI=1S/C23H20ClNO3/c1-14-2-5-17(20(26)12-15-3-4-15)13-19(14)25-23(27)22-11-10-21(28-22)16-6-8-18(24)9-7-16/h2,5-11,13,15H,3-4,12H2,1H3,(H,25,27). The van der Waals surface area contributed by atoms with Crippen LogP contribution in [0.1, 0.15) is 45.7 Å². The average Bonchev–Trinajstić information content (AvgIpc) is 3.35. The molecule has 0 radical (unpaired) electrons. The van der Waals surface area contributed by atoms with Gasteiger partial charge in [0, 0.05) is 28.3 Å². The highest BCUT2D eigenvalue weighted by Crippen LogP contribution is 2.34. The molecule has 1 aromatic heterocycles. The van der Waals surface area contributed by atoms with Crippen LogP contribution in [-0.4, -0.2) is 11.7 Å². The molecule has 1 aliphatic rings. The molecule has 0 bridgehead atoms. The third-order valence-corrected chi connectivity index (χ3v) is 5.19. The molecule has 0 aliphatic heterocycles. The molecule has 2 aromatic carbocycles. The van der Waals surface area contributed by atoms with Crippen molar-refractivity contribution in [2.45, 2.75) is 26.2 Å². The Balaban J connectivity index is 1.50. The number of carbonyl (C=O) groups is 2. The predicted molar refractivity (Wildman–Crippen MR) is 110 cm³/mol. The van der Waals surface area contributed by atoms with E-state index >= 15 is 0 Å². The van der Waals surface area contributed by atoms with Crippen LogP contribution >= 0.6 is 11.6 Å². The average molecular weight is 394 g/mol. The number of hydrogen-bond acceptors (Lipinski definition) is 3. The van der Waals surface area contributed by atoms with E-state index in [1.165, 1.54) is 0 Å². The predicted octanol–water partition coefficient (Wildman–Crippen LogP) is 6.14. The van der Waals surface area contributed by atoms with Gasteiger partial charge in [-0.05, 0) is 73.7 Å². The van der Waals surface area contributed by atoms with Gasteiger partial charge in [0.2, 0.25) is 0 Å². The Hall–Kier alpha value is -2.85. The van der Waals surface area contributed by atoms with Crippen LogP contribution in [0.4, 0.5) is 5.69 Å². The van der Waals surface area contributed by atoms with Gasteiger partial charge in [0.1, 0.15) is 5.76 Å². The first-order chi connectivity index (χ1) is 13.5. The molecule has 28 heavy (non-hydrogen) atoms. The summed E-state index contributed by atoms with van der Waals surface area (Å²) in [6.45, 7) is 1.89. The van der Waals surface area contributed by atoms with Gasteiger partial charge >= 0.3 is 0 Å². The number of nitrogens with one attached hydrogen (secondary N) is 1. The van der Waals surface area contributed by atoms with Gasteiger partial charge in [-0.2, -0.15) is 0 Å². The monoisotopic (exact) mass is 393 g/mol. The maximum absolute atomic E-state index is 12.6. The van der Waals surface area contributed by atoms with E-state index in [0.717, 1.165) is 24.0 Å². The van der Waals surface area contributed by atoms with Crippen LogP contribution in [0.15, 0.2) is 59.0 Å². The highest BCUT2D eigenvalue weighted by atomic mass is 35.5. The van der Waals surface area contributed by atoms with E-state index in [-0.39, 0.29) is 17.5 Å². The van der Waals surface area contributed by atoms with E-state index < -0.39 is 0 Å². The molecule has 0 spiro atoms. The molecule has 142 valence electrons. The van der Waals surface area contributed by atoms with Crippen molar-refractivity contribution in [1.82, 2.24) is 0 Å². The lowest BCUT2D eigenvalue weighted by molar-refractivity contribution is 0.0972. The number of carbonyl (C=O) groups excluding carboxylic acids is 2. The van der Waals surface area contributed by atoms with Crippen molar-refractivity contribution < 1.29 is 14.0 Å². The van der Waals surface area contributed by atoms with E-state index in [0.29, 0.717) is 34.4 Å². The smallest absolute Gasteiger partial charge is 0.291 e. The number of furan rings is 1. The van der Waals surface area contributed by atoms with Crippen molar-refractivity contribution in [3.05, 3.63) is 76.5 Å². The molecule has 4 rings (SSSR count). The second-order valence-electron chi connectivity index (χ2n) is 7.23. The van der Waals surface area contributed by atoms with Crippen LogP contribution in [0, 0.1) is 12.8 Å². The van der Waals surface area contributed by atoms with Crippen molar-refractivity contribution in [2.24, 2.45) is 5.92 Å². The molecule has 1 amide bonds. The first-order valence-corrected chi connectivity index (χ1v) is 9.68. The van der Waals surface area contributed by atoms with Crippen molar-refractivity contribution >= 4 is 29.0 Å². The van der Waals surface area contributed by atoms with E-state index in [2.05, 4.69) is 5.32 Å². The molecule has 1 N–H and O–H groups in total. The Bertz CT molecular complexity index is 1030. The number of halogens is 1.